The Hall–Kier alpha value is -0.0900. The van der Waals surface area contributed by atoms with E-state index >= 15 is 0 Å². The van der Waals surface area contributed by atoms with Crippen LogP contribution in [0.5, 0.6) is 0 Å². The first-order chi connectivity index (χ1) is 6.15. The van der Waals surface area contributed by atoms with Crippen molar-refractivity contribution in [1.82, 2.24) is 4.90 Å². The fourth-order valence-electron chi connectivity index (χ4n) is 1.62. The van der Waals surface area contributed by atoms with Crippen LogP contribution in [0.25, 0.3) is 0 Å². The third-order valence-corrected chi connectivity index (χ3v) is 3.16. The molecule has 0 spiro atoms. The Morgan fingerprint density at radius 3 is 3.08 bits per heavy atom. The van der Waals surface area contributed by atoms with Crippen molar-refractivity contribution in [1.29, 1.82) is 0 Å². The highest BCUT2D eigenvalue weighted by Crippen LogP contribution is 2.17. The molecular formula is C9H16BrNO2. The molecular weight excluding hydrogens is 234 g/mol. The fraction of sp³-hybridized carbons (Fsp3) is 0.889. The van der Waals surface area contributed by atoms with Crippen molar-refractivity contribution < 1.29 is 9.90 Å². The summed E-state index contributed by atoms with van der Waals surface area (Å²) in [5, 5.41) is 9.91. The van der Waals surface area contributed by atoms with Crippen molar-refractivity contribution in [2.45, 2.75) is 25.9 Å². The van der Waals surface area contributed by atoms with Crippen molar-refractivity contribution in [3.63, 3.8) is 0 Å². The number of hydrogen-bond acceptors (Lipinski definition) is 2. The van der Waals surface area contributed by atoms with Crippen LogP contribution in [0, 0.1) is 5.92 Å². The highest BCUT2D eigenvalue weighted by Gasteiger charge is 2.25. The molecule has 4 heteroatoms. The highest BCUT2D eigenvalue weighted by atomic mass is 79.9. The Morgan fingerprint density at radius 2 is 2.46 bits per heavy atom. The molecule has 1 aliphatic rings. The third kappa shape index (κ3) is 2.95. The number of carbonyl (C=O) groups is 1. The first kappa shape index (κ1) is 11.0. The molecule has 2 unspecified atom stereocenters. The van der Waals surface area contributed by atoms with Crippen LogP contribution in [0.15, 0.2) is 0 Å². The zero-order valence-electron chi connectivity index (χ0n) is 7.87. The summed E-state index contributed by atoms with van der Waals surface area (Å²) in [6, 6.07) is 0. The van der Waals surface area contributed by atoms with E-state index < -0.39 is 6.10 Å². The maximum Gasteiger partial charge on any atom is 0.225 e. The summed E-state index contributed by atoms with van der Waals surface area (Å²) in [5.41, 5.74) is 0. The van der Waals surface area contributed by atoms with Gasteiger partial charge in [0.15, 0.2) is 0 Å². The first-order valence-electron chi connectivity index (χ1n) is 4.68. The van der Waals surface area contributed by atoms with E-state index in [0.29, 0.717) is 11.9 Å². The smallest absolute Gasteiger partial charge is 0.225 e. The molecule has 0 aromatic heterocycles. The average Bonchev–Trinajstić information content (AvgIpc) is 2.13. The number of aliphatic hydroxyl groups excluding tert-OH is 1. The van der Waals surface area contributed by atoms with Gasteiger partial charge in [0.2, 0.25) is 5.91 Å². The summed E-state index contributed by atoms with van der Waals surface area (Å²) in [6.45, 7) is 3.22. The maximum absolute atomic E-state index is 11.6. The molecule has 0 aliphatic carbocycles. The van der Waals surface area contributed by atoms with Gasteiger partial charge in [0.25, 0.3) is 0 Å². The summed E-state index contributed by atoms with van der Waals surface area (Å²) >= 11 is 3.19. The molecule has 1 heterocycles. The lowest BCUT2D eigenvalue weighted by atomic mass is 9.99. The second-order valence-corrected chi connectivity index (χ2v) is 4.28. The lowest BCUT2D eigenvalue weighted by Crippen LogP contribution is -2.44. The Labute approximate surface area is 87.2 Å². The van der Waals surface area contributed by atoms with E-state index in [1.54, 1.807) is 4.90 Å². The Balaban J connectivity index is 2.44. The molecule has 76 valence electrons. The summed E-state index contributed by atoms with van der Waals surface area (Å²) < 4.78 is 0. The minimum atomic E-state index is -0.436. The summed E-state index contributed by atoms with van der Waals surface area (Å²) in [6.07, 6.45) is 1.61. The van der Waals surface area contributed by atoms with Crippen LogP contribution in [-0.4, -0.2) is 40.4 Å². The zero-order chi connectivity index (χ0) is 9.84. The SMILES string of the molecule is CC1CCCN(CC(O)CBr)C1=O. The third-order valence-electron chi connectivity index (χ3n) is 2.41. The van der Waals surface area contributed by atoms with Crippen molar-refractivity contribution in [3.8, 4) is 0 Å². The van der Waals surface area contributed by atoms with E-state index in [9.17, 15) is 9.90 Å². The molecule has 1 N–H and O–H groups in total. The van der Waals surface area contributed by atoms with Crippen LogP contribution in [0.3, 0.4) is 0 Å². The van der Waals surface area contributed by atoms with Gasteiger partial charge in [-0.25, -0.2) is 0 Å². The van der Waals surface area contributed by atoms with Crippen LogP contribution in [0.2, 0.25) is 0 Å². The van der Waals surface area contributed by atoms with Gasteiger partial charge in [-0.15, -0.1) is 0 Å². The van der Waals surface area contributed by atoms with Crippen molar-refractivity contribution in [3.05, 3.63) is 0 Å². The van der Waals surface area contributed by atoms with Gasteiger partial charge in [0.1, 0.15) is 0 Å². The molecule has 13 heavy (non-hydrogen) atoms. The maximum atomic E-state index is 11.6. The number of β-amino-alcohol motifs (C(OH)–C–C–N with tert-alkyl or cyclic N) is 1. The molecule has 0 aromatic carbocycles. The number of aliphatic hydroxyl groups is 1. The van der Waals surface area contributed by atoms with Gasteiger partial charge in [0.05, 0.1) is 6.10 Å². The van der Waals surface area contributed by atoms with Gasteiger partial charge in [-0.1, -0.05) is 22.9 Å². The largest absolute Gasteiger partial charge is 0.390 e. The Morgan fingerprint density at radius 1 is 1.77 bits per heavy atom. The van der Waals surface area contributed by atoms with Crippen LogP contribution in [0.4, 0.5) is 0 Å². The van der Waals surface area contributed by atoms with Gasteiger partial charge in [-0.2, -0.15) is 0 Å². The fourth-order valence-corrected chi connectivity index (χ4v) is 1.82. The number of rotatable bonds is 3. The molecule has 2 atom stereocenters. The van der Waals surface area contributed by atoms with Gasteiger partial charge < -0.3 is 10.0 Å². The van der Waals surface area contributed by atoms with Crippen LogP contribution in [0.1, 0.15) is 19.8 Å². The molecule has 1 aliphatic heterocycles. The summed E-state index contributed by atoms with van der Waals surface area (Å²) in [4.78, 5) is 13.3. The topological polar surface area (TPSA) is 40.5 Å². The number of amides is 1. The zero-order valence-corrected chi connectivity index (χ0v) is 9.46. The molecule has 1 rings (SSSR count). The van der Waals surface area contributed by atoms with E-state index in [0.717, 1.165) is 19.4 Å². The number of halogens is 1. The van der Waals surface area contributed by atoms with E-state index in [2.05, 4.69) is 15.9 Å². The van der Waals surface area contributed by atoms with Gasteiger partial charge in [0, 0.05) is 24.3 Å². The number of nitrogens with zero attached hydrogens (tertiary/aromatic N) is 1. The van der Waals surface area contributed by atoms with Crippen molar-refractivity contribution in [2.24, 2.45) is 5.92 Å². The minimum absolute atomic E-state index is 0.135. The van der Waals surface area contributed by atoms with Crippen molar-refractivity contribution >= 4 is 21.8 Å². The molecule has 3 nitrogen and oxygen atoms in total. The van der Waals surface area contributed by atoms with E-state index in [4.69, 9.17) is 0 Å². The standard InChI is InChI=1S/C9H16BrNO2/c1-7-3-2-4-11(9(7)13)6-8(12)5-10/h7-8,12H,2-6H2,1H3. The summed E-state index contributed by atoms with van der Waals surface area (Å²) in [7, 11) is 0. The lowest BCUT2D eigenvalue weighted by molar-refractivity contribution is -0.139. The van der Waals surface area contributed by atoms with Gasteiger partial charge in [-0.05, 0) is 12.8 Å². The first-order valence-corrected chi connectivity index (χ1v) is 5.80. The molecule has 1 fully saturated rings. The summed E-state index contributed by atoms with van der Waals surface area (Å²) in [5.74, 6) is 0.322. The lowest BCUT2D eigenvalue weighted by Gasteiger charge is -2.31. The Bertz CT molecular complexity index is 186. The average molecular weight is 250 g/mol. The number of carbonyl (C=O) groups excluding carboxylic acids is 1. The molecule has 1 saturated heterocycles. The molecule has 0 radical (unpaired) electrons. The number of likely N-dealkylation sites (tertiary alicyclic amines) is 1. The second kappa shape index (κ2) is 4.96. The Kier molecular flexibility index (Phi) is 4.19. The monoisotopic (exact) mass is 249 g/mol. The molecule has 0 saturated carbocycles. The molecule has 0 aromatic rings. The molecule has 1 amide bonds. The normalized spacial score (nSPS) is 26.2. The van der Waals surface area contributed by atoms with E-state index in [1.165, 1.54) is 0 Å². The van der Waals surface area contributed by atoms with E-state index in [-0.39, 0.29) is 11.8 Å². The number of alkyl halides is 1. The highest BCUT2D eigenvalue weighted by molar-refractivity contribution is 9.09. The van der Waals surface area contributed by atoms with E-state index in [1.807, 2.05) is 6.92 Å². The molecule has 0 bridgehead atoms. The van der Waals surface area contributed by atoms with Gasteiger partial charge in [-0.3, -0.25) is 4.79 Å². The predicted octanol–water partition coefficient (Wildman–Crippen LogP) is 1.00. The minimum Gasteiger partial charge on any atom is -0.390 e. The predicted molar refractivity (Wildman–Crippen MR) is 54.8 cm³/mol. The second-order valence-electron chi connectivity index (χ2n) is 3.64. The van der Waals surface area contributed by atoms with Crippen molar-refractivity contribution in [2.75, 3.05) is 18.4 Å². The quantitative estimate of drug-likeness (QED) is 0.759. The van der Waals surface area contributed by atoms with Crippen LogP contribution in [-0.2, 0) is 4.79 Å². The van der Waals surface area contributed by atoms with Crippen LogP contribution >= 0.6 is 15.9 Å². The number of piperidine rings is 1. The van der Waals surface area contributed by atoms with Crippen LogP contribution < -0.4 is 0 Å². The number of hydrogen-bond donors (Lipinski definition) is 1. The van der Waals surface area contributed by atoms with Gasteiger partial charge >= 0.3 is 0 Å².